The molecule has 3 aliphatic rings. The number of para-hydroxylation sites is 2. The molecule has 2 aliphatic heterocycles. The number of piperidine rings is 1. The van der Waals surface area contributed by atoms with E-state index in [4.69, 9.17) is 9.47 Å². The molecule has 0 spiro atoms. The van der Waals surface area contributed by atoms with Gasteiger partial charge in [-0.1, -0.05) is 36.4 Å². The molecule has 158 valence electrons. The number of hydrogen-bond acceptors (Lipinski definition) is 5. The molecule has 2 aromatic rings. The molecule has 0 amide bonds. The second-order valence-corrected chi connectivity index (χ2v) is 9.27. The third-order valence-corrected chi connectivity index (χ3v) is 7.11. The maximum absolute atomic E-state index is 13.7. The molecule has 0 radical (unpaired) electrons. The van der Waals surface area contributed by atoms with Crippen LogP contribution >= 0.6 is 0 Å². The minimum Gasteiger partial charge on any atom is -0.461 e. The van der Waals surface area contributed by atoms with Crippen LogP contribution in [-0.2, 0) is 9.53 Å². The van der Waals surface area contributed by atoms with Crippen LogP contribution in [0.3, 0.4) is 0 Å². The average molecular weight is 407 g/mol. The van der Waals surface area contributed by atoms with Crippen molar-refractivity contribution in [1.82, 2.24) is 9.80 Å². The van der Waals surface area contributed by atoms with Gasteiger partial charge in [0.05, 0.1) is 0 Å². The molecule has 2 heterocycles. The van der Waals surface area contributed by atoms with Gasteiger partial charge in [-0.2, -0.15) is 0 Å². The Morgan fingerprint density at radius 1 is 1.00 bits per heavy atom. The van der Waals surface area contributed by atoms with Crippen molar-refractivity contribution in [2.24, 2.45) is 11.8 Å². The highest BCUT2D eigenvalue weighted by Crippen LogP contribution is 2.46. The van der Waals surface area contributed by atoms with Crippen molar-refractivity contribution in [3.63, 3.8) is 0 Å². The highest BCUT2D eigenvalue weighted by atomic mass is 16.5. The van der Waals surface area contributed by atoms with Gasteiger partial charge in [0.15, 0.2) is 0 Å². The minimum absolute atomic E-state index is 0.0305. The maximum atomic E-state index is 13.7. The number of carbonyl (C=O) groups excluding carboxylic acids is 1. The lowest BCUT2D eigenvalue weighted by Crippen LogP contribution is -2.59. The van der Waals surface area contributed by atoms with Crippen LogP contribution in [0.5, 0.6) is 11.5 Å². The number of ether oxygens (including phenoxy) is 2. The van der Waals surface area contributed by atoms with Gasteiger partial charge in [-0.15, -0.1) is 0 Å². The second kappa shape index (κ2) is 7.71. The van der Waals surface area contributed by atoms with Gasteiger partial charge in [0.1, 0.15) is 23.5 Å². The predicted molar refractivity (Wildman–Crippen MR) is 116 cm³/mol. The van der Waals surface area contributed by atoms with Gasteiger partial charge in [-0.25, -0.2) is 0 Å². The van der Waals surface area contributed by atoms with Crippen molar-refractivity contribution < 1.29 is 14.3 Å². The van der Waals surface area contributed by atoms with E-state index in [1.807, 2.05) is 48.5 Å². The van der Waals surface area contributed by atoms with E-state index in [1.54, 1.807) is 0 Å². The van der Waals surface area contributed by atoms with Crippen molar-refractivity contribution in [1.29, 1.82) is 0 Å². The monoisotopic (exact) mass is 406 g/mol. The molecule has 5 rings (SSSR count). The number of benzene rings is 2. The quantitative estimate of drug-likeness (QED) is 0.727. The summed E-state index contributed by atoms with van der Waals surface area (Å²) >= 11 is 0. The fraction of sp³-hybridized carbons (Fsp3) is 0.480. The summed E-state index contributed by atoms with van der Waals surface area (Å²) in [6.45, 7) is 1.97. The SMILES string of the molecule is CN1CC2CCC(N(C)C)C(C1)C2OC(=O)C1c2ccccc2Oc2ccccc21. The molecule has 5 nitrogen and oxygen atoms in total. The number of rotatable bonds is 3. The number of carbonyl (C=O) groups is 1. The van der Waals surface area contributed by atoms with Crippen LogP contribution in [0.15, 0.2) is 48.5 Å². The fourth-order valence-corrected chi connectivity index (χ4v) is 5.78. The fourth-order valence-electron chi connectivity index (χ4n) is 5.78. The van der Waals surface area contributed by atoms with Crippen LogP contribution < -0.4 is 4.74 Å². The van der Waals surface area contributed by atoms with Crippen LogP contribution in [0.2, 0.25) is 0 Å². The molecular formula is C25H30N2O3. The normalized spacial score (nSPS) is 28.4. The van der Waals surface area contributed by atoms with Gasteiger partial charge in [-0.3, -0.25) is 4.79 Å². The van der Waals surface area contributed by atoms with Crippen LogP contribution in [0.4, 0.5) is 0 Å². The second-order valence-electron chi connectivity index (χ2n) is 9.27. The summed E-state index contributed by atoms with van der Waals surface area (Å²) in [5, 5.41) is 0. The van der Waals surface area contributed by atoms with E-state index in [1.165, 1.54) is 6.42 Å². The molecule has 4 atom stereocenters. The minimum atomic E-state index is -0.440. The predicted octanol–water partition coefficient (Wildman–Crippen LogP) is 3.74. The van der Waals surface area contributed by atoms with E-state index in [0.29, 0.717) is 17.9 Å². The van der Waals surface area contributed by atoms with Crippen molar-refractivity contribution in [3.8, 4) is 11.5 Å². The smallest absolute Gasteiger partial charge is 0.318 e. The Hall–Kier alpha value is -2.37. The van der Waals surface area contributed by atoms with Crippen molar-refractivity contribution in [3.05, 3.63) is 59.7 Å². The molecular weight excluding hydrogens is 376 g/mol. The highest BCUT2D eigenvalue weighted by Gasteiger charge is 2.47. The third-order valence-electron chi connectivity index (χ3n) is 7.11. The zero-order valence-electron chi connectivity index (χ0n) is 18.0. The summed E-state index contributed by atoms with van der Waals surface area (Å²) < 4.78 is 12.5. The Kier molecular flexibility index (Phi) is 5.03. The number of esters is 1. The van der Waals surface area contributed by atoms with Crippen LogP contribution in [0.1, 0.15) is 29.9 Å². The maximum Gasteiger partial charge on any atom is 0.318 e. The lowest BCUT2D eigenvalue weighted by molar-refractivity contribution is -0.168. The Morgan fingerprint density at radius 2 is 1.63 bits per heavy atom. The molecule has 1 saturated carbocycles. The first kappa shape index (κ1) is 19.6. The summed E-state index contributed by atoms with van der Waals surface area (Å²) in [6.07, 6.45) is 2.24. The number of likely N-dealkylation sites (tertiary alicyclic amines) is 1. The molecule has 4 unspecified atom stereocenters. The van der Waals surface area contributed by atoms with Crippen molar-refractivity contribution in [2.45, 2.75) is 30.9 Å². The largest absolute Gasteiger partial charge is 0.461 e. The van der Waals surface area contributed by atoms with Crippen LogP contribution in [-0.4, -0.2) is 62.1 Å². The van der Waals surface area contributed by atoms with Gasteiger partial charge in [0.25, 0.3) is 0 Å². The molecule has 1 aliphatic carbocycles. The zero-order chi connectivity index (χ0) is 20.8. The third kappa shape index (κ3) is 3.30. The summed E-state index contributed by atoms with van der Waals surface area (Å²) in [4.78, 5) is 18.4. The Balaban J connectivity index is 1.47. The van der Waals surface area contributed by atoms with E-state index >= 15 is 0 Å². The van der Waals surface area contributed by atoms with Gasteiger partial charge < -0.3 is 19.3 Å². The summed E-state index contributed by atoms with van der Waals surface area (Å²) in [5.74, 6) is 1.64. The lowest BCUT2D eigenvalue weighted by Gasteiger charge is -2.51. The van der Waals surface area contributed by atoms with E-state index < -0.39 is 5.92 Å². The first-order valence-electron chi connectivity index (χ1n) is 10.9. The van der Waals surface area contributed by atoms with Crippen LogP contribution in [0, 0.1) is 11.8 Å². The lowest BCUT2D eigenvalue weighted by atomic mass is 9.72. The van der Waals surface area contributed by atoms with E-state index in [-0.39, 0.29) is 12.1 Å². The van der Waals surface area contributed by atoms with Gasteiger partial charge in [0.2, 0.25) is 0 Å². The Labute approximate surface area is 178 Å². The standard InChI is InChI=1S/C25H30N2O3/c1-26(2)20-13-12-16-14-27(3)15-19(20)24(16)30-25(28)23-17-8-4-6-10-21(17)29-22-11-7-5-9-18(22)23/h4-11,16,19-20,23-24H,12-15H2,1-3H3. The molecule has 1 saturated heterocycles. The topological polar surface area (TPSA) is 42.0 Å². The first-order valence-corrected chi connectivity index (χ1v) is 10.9. The van der Waals surface area contributed by atoms with E-state index in [2.05, 4.69) is 30.9 Å². The zero-order valence-corrected chi connectivity index (χ0v) is 18.0. The highest BCUT2D eigenvalue weighted by molar-refractivity contribution is 5.85. The van der Waals surface area contributed by atoms with Crippen molar-refractivity contribution in [2.75, 3.05) is 34.2 Å². The molecule has 2 aromatic carbocycles. The molecule has 2 fully saturated rings. The molecule has 30 heavy (non-hydrogen) atoms. The first-order chi connectivity index (χ1) is 14.5. The van der Waals surface area contributed by atoms with Crippen molar-refractivity contribution >= 4 is 5.97 Å². The van der Waals surface area contributed by atoms with Crippen LogP contribution in [0.25, 0.3) is 0 Å². The molecule has 0 aromatic heterocycles. The Morgan fingerprint density at radius 3 is 2.27 bits per heavy atom. The summed E-state index contributed by atoms with van der Waals surface area (Å²) in [6, 6.07) is 16.1. The van der Waals surface area contributed by atoms with Gasteiger partial charge in [0, 0.05) is 42.1 Å². The number of hydrogen-bond donors (Lipinski definition) is 0. The van der Waals surface area contributed by atoms with Gasteiger partial charge >= 0.3 is 5.97 Å². The Bertz CT molecular complexity index is 898. The van der Waals surface area contributed by atoms with Gasteiger partial charge in [-0.05, 0) is 46.1 Å². The van der Waals surface area contributed by atoms with E-state index in [0.717, 1.165) is 42.1 Å². The number of nitrogens with zero attached hydrogens (tertiary/aromatic N) is 2. The average Bonchev–Trinajstić information content (AvgIpc) is 2.72. The summed E-state index contributed by atoms with van der Waals surface area (Å²) in [7, 11) is 6.47. The molecule has 0 N–H and O–H groups in total. The molecule has 5 heteroatoms. The number of fused-ring (bicyclic) bond motifs is 4. The van der Waals surface area contributed by atoms with E-state index in [9.17, 15) is 4.79 Å². The summed E-state index contributed by atoms with van der Waals surface area (Å²) in [5.41, 5.74) is 1.78. The molecule has 2 bridgehead atoms.